The molecule has 1 aromatic carbocycles. The minimum Gasteiger partial charge on any atom is -0.489 e. The minimum atomic E-state index is -0.755. The molecule has 2 unspecified atom stereocenters. The SMILES string of the molecule is CCNC(=NCC(O)COc1cccc(Cl)c1Cl)N1CCC(COCCOC)C1.I. The van der Waals surface area contributed by atoms with Gasteiger partial charge in [0, 0.05) is 32.7 Å². The van der Waals surface area contributed by atoms with Crippen LogP contribution in [0.2, 0.25) is 10.0 Å². The maximum atomic E-state index is 10.3. The zero-order valence-electron chi connectivity index (χ0n) is 17.5. The average molecular weight is 576 g/mol. The summed E-state index contributed by atoms with van der Waals surface area (Å²) in [7, 11) is 1.67. The molecule has 1 fully saturated rings. The van der Waals surface area contributed by atoms with Gasteiger partial charge >= 0.3 is 0 Å². The Morgan fingerprint density at radius 1 is 1.37 bits per heavy atom. The van der Waals surface area contributed by atoms with Crippen molar-refractivity contribution in [1.29, 1.82) is 0 Å². The number of halogens is 3. The number of likely N-dealkylation sites (tertiary alicyclic amines) is 1. The van der Waals surface area contributed by atoms with Crippen molar-refractivity contribution in [2.24, 2.45) is 10.9 Å². The number of hydrogen-bond acceptors (Lipinski definition) is 5. The van der Waals surface area contributed by atoms with Crippen molar-refractivity contribution in [3.8, 4) is 5.75 Å². The van der Waals surface area contributed by atoms with Gasteiger partial charge in [-0.2, -0.15) is 0 Å². The molecule has 2 rings (SSSR count). The first-order chi connectivity index (χ1) is 14.0. The number of aliphatic hydroxyl groups excluding tert-OH is 1. The first-order valence-corrected chi connectivity index (χ1v) is 10.7. The Kier molecular flexibility index (Phi) is 14.0. The van der Waals surface area contributed by atoms with E-state index in [1.165, 1.54) is 0 Å². The molecule has 0 aliphatic carbocycles. The van der Waals surface area contributed by atoms with Crippen LogP contribution in [0.4, 0.5) is 0 Å². The molecule has 0 spiro atoms. The number of methoxy groups -OCH3 is 1. The zero-order chi connectivity index (χ0) is 21.1. The van der Waals surface area contributed by atoms with E-state index >= 15 is 0 Å². The van der Waals surface area contributed by atoms with Crippen LogP contribution in [0.3, 0.4) is 0 Å². The summed E-state index contributed by atoms with van der Waals surface area (Å²) in [6, 6.07) is 5.15. The van der Waals surface area contributed by atoms with Crippen molar-refractivity contribution in [2.45, 2.75) is 19.4 Å². The average Bonchev–Trinajstić information content (AvgIpc) is 3.18. The number of nitrogens with zero attached hydrogens (tertiary/aromatic N) is 2. The fraction of sp³-hybridized carbons (Fsp3) is 0.650. The van der Waals surface area contributed by atoms with Gasteiger partial charge in [0.25, 0.3) is 0 Å². The second-order valence-electron chi connectivity index (χ2n) is 6.88. The van der Waals surface area contributed by atoms with Gasteiger partial charge in [0.05, 0.1) is 31.4 Å². The Hall–Kier alpha value is -0.520. The lowest BCUT2D eigenvalue weighted by Gasteiger charge is -2.22. The fourth-order valence-corrected chi connectivity index (χ4v) is 3.35. The molecular formula is C20H32Cl2IN3O4. The van der Waals surface area contributed by atoms with Crippen LogP contribution in [-0.2, 0) is 9.47 Å². The Balaban J connectivity index is 0.00000450. The molecule has 1 heterocycles. The molecular weight excluding hydrogens is 544 g/mol. The van der Waals surface area contributed by atoms with E-state index in [2.05, 4.69) is 15.2 Å². The second kappa shape index (κ2) is 15.3. The number of guanidine groups is 1. The smallest absolute Gasteiger partial charge is 0.194 e. The van der Waals surface area contributed by atoms with Crippen molar-refractivity contribution in [3.05, 3.63) is 28.2 Å². The Morgan fingerprint density at radius 2 is 2.17 bits per heavy atom. The highest BCUT2D eigenvalue weighted by molar-refractivity contribution is 14.0. The first-order valence-electron chi connectivity index (χ1n) is 9.90. The van der Waals surface area contributed by atoms with Crippen LogP contribution in [-0.4, -0.2) is 81.8 Å². The van der Waals surface area contributed by atoms with Crippen molar-refractivity contribution in [1.82, 2.24) is 10.2 Å². The fourth-order valence-electron chi connectivity index (χ4n) is 3.01. The first kappa shape index (κ1) is 27.5. The summed E-state index contributed by atoms with van der Waals surface area (Å²) >= 11 is 12.1. The van der Waals surface area contributed by atoms with E-state index in [1.807, 2.05) is 6.92 Å². The highest BCUT2D eigenvalue weighted by atomic mass is 127. The molecule has 30 heavy (non-hydrogen) atoms. The Bertz CT molecular complexity index is 654. The van der Waals surface area contributed by atoms with Crippen LogP contribution in [0.5, 0.6) is 5.75 Å². The van der Waals surface area contributed by atoms with Gasteiger partial charge in [-0.15, -0.1) is 24.0 Å². The summed E-state index contributed by atoms with van der Waals surface area (Å²) < 4.78 is 16.2. The molecule has 2 N–H and O–H groups in total. The number of nitrogens with one attached hydrogen (secondary N) is 1. The summed E-state index contributed by atoms with van der Waals surface area (Å²) in [5.74, 6) is 1.71. The molecule has 1 aliphatic heterocycles. The van der Waals surface area contributed by atoms with Crippen molar-refractivity contribution in [2.75, 3.05) is 59.7 Å². The second-order valence-corrected chi connectivity index (χ2v) is 7.67. The Morgan fingerprint density at radius 3 is 2.90 bits per heavy atom. The van der Waals surface area contributed by atoms with E-state index in [1.54, 1.807) is 25.3 Å². The summed E-state index contributed by atoms with van der Waals surface area (Å²) in [5, 5.41) is 14.3. The lowest BCUT2D eigenvalue weighted by atomic mass is 10.1. The molecule has 1 aliphatic rings. The molecule has 1 saturated heterocycles. The predicted octanol–water partition coefficient (Wildman–Crippen LogP) is 3.30. The van der Waals surface area contributed by atoms with Crippen LogP contribution in [0.15, 0.2) is 23.2 Å². The molecule has 1 aromatic rings. The van der Waals surface area contributed by atoms with E-state index < -0.39 is 6.10 Å². The largest absolute Gasteiger partial charge is 0.489 e. The lowest BCUT2D eigenvalue weighted by Crippen LogP contribution is -2.41. The molecule has 172 valence electrons. The molecule has 0 radical (unpaired) electrons. The van der Waals surface area contributed by atoms with Crippen molar-refractivity contribution < 1.29 is 19.3 Å². The van der Waals surface area contributed by atoms with Gasteiger partial charge in [0.15, 0.2) is 5.96 Å². The molecule has 0 aromatic heterocycles. The quantitative estimate of drug-likeness (QED) is 0.182. The third kappa shape index (κ3) is 9.32. The molecule has 10 heteroatoms. The molecule has 0 bridgehead atoms. The van der Waals surface area contributed by atoms with Gasteiger partial charge in [0.1, 0.15) is 23.5 Å². The monoisotopic (exact) mass is 575 g/mol. The summed E-state index contributed by atoms with van der Waals surface area (Å²) in [5.41, 5.74) is 0. The summed E-state index contributed by atoms with van der Waals surface area (Å²) in [6.07, 6.45) is 0.297. The number of aliphatic imine (C=N–C) groups is 1. The van der Waals surface area contributed by atoms with E-state index in [4.69, 9.17) is 37.4 Å². The normalized spacial score (nSPS) is 17.6. The van der Waals surface area contributed by atoms with Gasteiger partial charge in [0.2, 0.25) is 0 Å². The number of rotatable bonds is 11. The van der Waals surface area contributed by atoms with Gasteiger partial charge in [-0.3, -0.25) is 4.99 Å². The van der Waals surface area contributed by atoms with E-state index in [0.717, 1.165) is 38.6 Å². The van der Waals surface area contributed by atoms with E-state index in [9.17, 15) is 5.11 Å². The van der Waals surface area contributed by atoms with Crippen LogP contribution in [0, 0.1) is 5.92 Å². The maximum Gasteiger partial charge on any atom is 0.194 e. The van der Waals surface area contributed by atoms with Crippen LogP contribution >= 0.6 is 47.2 Å². The van der Waals surface area contributed by atoms with E-state index in [-0.39, 0.29) is 37.1 Å². The topological polar surface area (TPSA) is 75.6 Å². The summed E-state index contributed by atoms with van der Waals surface area (Å²) in [6.45, 7) is 6.83. The number of ether oxygens (including phenoxy) is 3. The zero-order valence-corrected chi connectivity index (χ0v) is 21.3. The number of benzene rings is 1. The lowest BCUT2D eigenvalue weighted by molar-refractivity contribution is 0.0536. The van der Waals surface area contributed by atoms with Gasteiger partial charge in [-0.05, 0) is 25.5 Å². The van der Waals surface area contributed by atoms with Crippen LogP contribution < -0.4 is 10.1 Å². The minimum absolute atomic E-state index is 0. The van der Waals surface area contributed by atoms with E-state index in [0.29, 0.717) is 34.9 Å². The van der Waals surface area contributed by atoms with Crippen LogP contribution in [0.25, 0.3) is 0 Å². The molecule has 0 saturated carbocycles. The van der Waals surface area contributed by atoms with Crippen molar-refractivity contribution >= 4 is 53.1 Å². The summed E-state index contributed by atoms with van der Waals surface area (Å²) in [4.78, 5) is 6.78. The van der Waals surface area contributed by atoms with Crippen molar-refractivity contribution in [3.63, 3.8) is 0 Å². The number of hydrogen-bond donors (Lipinski definition) is 2. The third-order valence-electron chi connectivity index (χ3n) is 4.50. The van der Waals surface area contributed by atoms with Gasteiger partial charge in [-0.1, -0.05) is 29.3 Å². The Labute approximate surface area is 206 Å². The molecule has 7 nitrogen and oxygen atoms in total. The van der Waals surface area contributed by atoms with Gasteiger partial charge in [-0.25, -0.2) is 0 Å². The highest BCUT2D eigenvalue weighted by Crippen LogP contribution is 2.31. The van der Waals surface area contributed by atoms with Gasteiger partial charge < -0.3 is 29.5 Å². The third-order valence-corrected chi connectivity index (χ3v) is 5.31. The maximum absolute atomic E-state index is 10.3. The molecule has 0 amide bonds. The predicted molar refractivity (Wildman–Crippen MR) is 132 cm³/mol. The highest BCUT2D eigenvalue weighted by Gasteiger charge is 2.25. The van der Waals surface area contributed by atoms with Crippen LogP contribution in [0.1, 0.15) is 13.3 Å². The standard InChI is InChI=1S/C20H31Cl2N3O4.HI/c1-3-23-20(25-8-7-15(12-25)13-28-10-9-27-2)24-11-16(26)14-29-18-6-4-5-17(21)19(18)22;/h4-6,15-16,26H,3,7-14H2,1-2H3,(H,23,24);1H. The molecule has 2 atom stereocenters. The number of aliphatic hydroxyl groups is 1.